The fourth-order valence-electron chi connectivity index (χ4n) is 1.87. The highest BCUT2D eigenvalue weighted by Crippen LogP contribution is 2.10. The number of ether oxygens (including phenoxy) is 1. The van der Waals surface area contributed by atoms with Crippen molar-refractivity contribution in [2.45, 2.75) is 19.0 Å². The van der Waals surface area contributed by atoms with Gasteiger partial charge in [0.25, 0.3) is 0 Å². The lowest BCUT2D eigenvalue weighted by Gasteiger charge is -2.16. The van der Waals surface area contributed by atoms with Crippen LogP contribution in [0.4, 0.5) is 0 Å². The minimum absolute atomic E-state index is 0.222. The maximum absolute atomic E-state index is 11.8. The van der Waals surface area contributed by atoms with Crippen LogP contribution in [0.1, 0.15) is 10.4 Å². The SMILES string of the molecule is COC(=O)C(Cc1ccccc1)NCc1cccs1. The van der Waals surface area contributed by atoms with Crippen LogP contribution in [0.2, 0.25) is 0 Å². The molecule has 1 aromatic carbocycles. The Morgan fingerprint density at radius 1 is 1.26 bits per heavy atom. The molecule has 1 N–H and O–H groups in total. The summed E-state index contributed by atoms with van der Waals surface area (Å²) in [5.74, 6) is -0.222. The predicted molar refractivity (Wildman–Crippen MR) is 77.1 cm³/mol. The van der Waals surface area contributed by atoms with Crippen molar-refractivity contribution in [3.63, 3.8) is 0 Å². The molecule has 3 nitrogen and oxygen atoms in total. The van der Waals surface area contributed by atoms with Gasteiger partial charge in [0.05, 0.1) is 7.11 Å². The number of nitrogens with one attached hydrogen (secondary N) is 1. The molecule has 0 radical (unpaired) electrons. The molecule has 0 saturated heterocycles. The first kappa shape index (κ1) is 13.8. The van der Waals surface area contributed by atoms with E-state index >= 15 is 0 Å². The average Bonchev–Trinajstić information content (AvgIpc) is 2.97. The topological polar surface area (TPSA) is 38.3 Å². The van der Waals surface area contributed by atoms with E-state index in [1.165, 1.54) is 12.0 Å². The van der Waals surface area contributed by atoms with E-state index in [0.29, 0.717) is 13.0 Å². The van der Waals surface area contributed by atoms with E-state index in [9.17, 15) is 4.79 Å². The minimum Gasteiger partial charge on any atom is -0.468 e. The lowest BCUT2D eigenvalue weighted by Crippen LogP contribution is -2.38. The highest BCUT2D eigenvalue weighted by molar-refractivity contribution is 7.09. The number of methoxy groups -OCH3 is 1. The largest absolute Gasteiger partial charge is 0.468 e. The Kier molecular flexibility index (Phi) is 5.12. The Labute approximate surface area is 117 Å². The van der Waals surface area contributed by atoms with Crippen LogP contribution in [0.3, 0.4) is 0 Å². The third-order valence-corrected chi connectivity index (χ3v) is 3.75. The third kappa shape index (κ3) is 4.19. The van der Waals surface area contributed by atoms with Crippen molar-refractivity contribution in [1.29, 1.82) is 0 Å². The lowest BCUT2D eigenvalue weighted by atomic mass is 10.1. The number of benzene rings is 1. The molecule has 100 valence electrons. The van der Waals surface area contributed by atoms with Crippen molar-refractivity contribution in [2.75, 3.05) is 7.11 Å². The van der Waals surface area contributed by atoms with E-state index in [1.807, 2.05) is 41.8 Å². The quantitative estimate of drug-likeness (QED) is 0.824. The van der Waals surface area contributed by atoms with E-state index in [2.05, 4.69) is 11.4 Å². The Bertz CT molecular complexity index is 496. The van der Waals surface area contributed by atoms with E-state index in [0.717, 1.165) is 5.56 Å². The molecule has 1 heterocycles. The monoisotopic (exact) mass is 275 g/mol. The number of rotatable bonds is 6. The Morgan fingerprint density at radius 3 is 2.68 bits per heavy atom. The molecule has 0 aliphatic heterocycles. The Morgan fingerprint density at radius 2 is 2.05 bits per heavy atom. The summed E-state index contributed by atoms with van der Waals surface area (Å²) in [5.41, 5.74) is 1.12. The number of hydrogen-bond acceptors (Lipinski definition) is 4. The lowest BCUT2D eigenvalue weighted by molar-refractivity contribution is -0.143. The van der Waals surface area contributed by atoms with Gasteiger partial charge in [-0.25, -0.2) is 0 Å². The van der Waals surface area contributed by atoms with Gasteiger partial charge in [0.15, 0.2) is 0 Å². The second-order valence-electron chi connectivity index (χ2n) is 4.23. The number of hydrogen-bond donors (Lipinski definition) is 1. The highest BCUT2D eigenvalue weighted by atomic mass is 32.1. The van der Waals surface area contributed by atoms with Gasteiger partial charge in [-0.15, -0.1) is 11.3 Å². The minimum atomic E-state index is -0.311. The second kappa shape index (κ2) is 7.07. The van der Waals surface area contributed by atoms with Gasteiger partial charge < -0.3 is 4.74 Å². The molecule has 0 fully saturated rings. The van der Waals surface area contributed by atoms with E-state index in [4.69, 9.17) is 4.74 Å². The summed E-state index contributed by atoms with van der Waals surface area (Å²) in [4.78, 5) is 13.0. The molecule has 0 spiro atoms. The van der Waals surface area contributed by atoms with Crippen molar-refractivity contribution >= 4 is 17.3 Å². The Hall–Kier alpha value is -1.65. The van der Waals surface area contributed by atoms with Crippen LogP contribution in [0.15, 0.2) is 47.8 Å². The zero-order chi connectivity index (χ0) is 13.5. The molecular formula is C15H17NO2S. The molecule has 2 rings (SSSR count). The molecule has 0 aliphatic carbocycles. The van der Waals surface area contributed by atoms with Crippen molar-refractivity contribution in [3.8, 4) is 0 Å². The zero-order valence-electron chi connectivity index (χ0n) is 10.8. The maximum Gasteiger partial charge on any atom is 0.323 e. The normalized spacial score (nSPS) is 12.1. The van der Waals surface area contributed by atoms with Crippen LogP contribution in [-0.2, 0) is 22.5 Å². The molecule has 0 saturated carbocycles. The smallest absolute Gasteiger partial charge is 0.323 e. The van der Waals surface area contributed by atoms with E-state index in [1.54, 1.807) is 11.3 Å². The van der Waals surface area contributed by atoms with Gasteiger partial charge in [0, 0.05) is 11.4 Å². The number of carbonyl (C=O) groups excluding carboxylic acids is 1. The van der Waals surface area contributed by atoms with Crippen LogP contribution in [-0.4, -0.2) is 19.1 Å². The van der Waals surface area contributed by atoms with Crippen LogP contribution < -0.4 is 5.32 Å². The first-order valence-electron chi connectivity index (χ1n) is 6.17. The number of thiophene rings is 1. The predicted octanol–water partition coefficient (Wildman–Crippen LogP) is 2.62. The van der Waals surface area contributed by atoms with Gasteiger partial charge in [-0.05, 0) is 23.4 Å². The first-order valence-corrected chi connectivity index (χ1v) is 7.05. The van der Waals surface area contributed by atoms with Crippen LogP contribution in [0.5, 0.6) is 0 Å². The van der Waals surface area contributed by atoms with Gasteiger partial charge >= 0.3 is 5.97 Å². The van der Waals surface area contributed by atoms with Gasteiger partial charge in [0.2, 0.25) is 0 Å². The molecule has 4 heteroatoms. The number of esters is 1. The maximum atomic E-state index is 11.8. The molecule has 1 atom stereocenters. The summed E-state index contributed by atoms with van der Waals surface area (Å²) >= 11 is 1.68. The number of carbonyl (C=O) groups is 1. The molecule has 19 heavy (non-hydrogen) atoms. The summed E-state index contributed by atoms with van der Waals surface area (Å²) in [5, 5.41) is 5.29. The Balaban J connectivity index is 1.97. The second-order valence-corrected chi connectivity index (χ2v) is 5.26. The molecule has 2 aromatic rings. The third-order valence-electron chi connectivity index (χ3n) is 2.87. The summed E-state index contributed by atoms with van der Waals surface area (Å²) in [6.45, 7) is 0.685. The van der Waals surface area contributed by atoms with E-state index in [-0.39, 0.29) is 12.0 Å². The fraction of sp³-hybridized carbons (Fsp3) is 0.267. The van der Waals surface area contributed by atoms with Crippen LogP contribution >= 0.6 is 11.3 Å². The summed E-state index contributed by atoms with van der Waals surface area (Å²) in [7, 11) is 1.42. The van der Waals surface area contributed by atoms with Gasteiger partial charge in [-0.2, -0.15) is 0 Å². The summed E-state index contributed by atoms with van der Waals surface area (Å²) in [6, 6.07) is 13.7. The van der Waals surface area contributed by atoms with Crippen molar-refractivity contribution in [1.82, 2.24) is 5.32 Å². The summed E-state index contributed by atoms with van der Waals surface area (Å²) in [6.07, 6.45) is 0.638. The standard InChI is InChI=1S/C15H17NO2S/c1-18-15(17)14(10-12-6-3-2-4-7-12)16-11-13-8-5-9-19-13/h2-9,14,16H,10-11H2,1H3. The molecule has 0 aliphatic rings. The highest BCUT2D eigenvalue weighted by Gasteiger charge is 2.18. The van der Waals surface area contributed by atoms with Gasteiger partial charge in [-0.3, -0.25) is 10.1 Å². The molecule has 0 bridgehead atoms. The fourth-order valence-corrected chi connectivity index (χ4v) is 2.52. The summed E-state index contributed by atoms with van der Waals surface area (Å²) < 4.78 is 4.86. The first-order chi connectivity index (χ1) is 9.29. The van der Waals surface area contributed by atoms with Crippen molar-refractivity contribution in [2.24, 2.45) is 0 Å². The molecule has 0 amide bonds. The van der Waals surface area contributed by atoms with Gasteiger partial charge in [0.1, 0.15) is 6.04 Å². The van der Waals surface area contributed by atoms with Crippen molar-refractivity contribution in [3.05, 3.63) is 58.3 Å². The van der Waals surface area contributed by atoms with Gasteiger partial charge in [-0.1, -0.05) is 36.4 Å². The molecular weight excluding hydrogens is 258 g/mol. The zero-order valence-corrected chi connectivity index (χ0v) is 11.7. The van der Waals surface area contributed by atoms with Crippen LogP contribution in [0.25, 0.3) is 0 Å². The molecule has 1 aromatic heterocycles. The van der Waals surface area contributed by atoms with E-state index < -0.39 is 0 Å². The van der Waals surface area contributed by atoms with Crippen LogP contribution in [0, 0.1) is 0 Å². The average molecular weight is 275 g/mol. The van der Waals surface area contributed by atoms with Crippen molar-refractivity contribution < 1.29 is 9.53 Å². The molecule has 1 unspecified atom stereocenters.